The molecule has 1 amide bonds. The zero-order chi connectivity index (χ0) is 17.8. The summed E-state index contributed by atoms with van der Waals surface area (Å²) in [4.78, 5) is 16.3. The molecule has 1 aromatic carbocycles. The van der Waals surface area contributed by atoms with Crippen LogP contribution in [0.3, 0.4) is 0 Å². The first-order valence-electron chi connectivity index (χ1n) is 7.89. The Morgan fingerprint density at radius 2 is 2.28 bits per heavy atom. The number of carbonyl (C=O) groups excluding carboxylic acids is 1. The standard InChI is InChI=1S/C18H17FN4O2/c1-11-12(9-20)2-5-16(22-11)18(24)23-13-3-4-14(15(19)8-13)17-10-21-6-7-25-17/h2-5,8,17,21H,6-7,10H2,1H3,(H,23,24). The van der Waals surface area contributed by atoms with E-state index in [0.29, 0.717) is 35.7 Å². The Morgan fingerprint density at radius 3 is 2.92 bits per heavy atom. The lowest BCUT2D eigenvalue weighted by molar-refractivity contribution is 0.0255. The van der Waals surface area contributed by atoms with Crippen molar-refractivity contribution in [2.45, 2.75) is 13.0 Å². The number of hydrogen-bond donors (Lipinski definition) is 2. The van der Waals surface area contributed by atoms with Crippen molar-refractivity contribution in [3.05, 3.63) is 58.7 Å². The maximum Gasteiger partial charge on any atom is 0.274 e. The van der Waals surface area contributed by atoms with Crippen LogP contribution in [0.5, 0.6) is 0 Å². The molecule has 0 radical (unpaired) electrons. The van der Waals surface area contributed by atoms with Crippen LogP contribution in [0, 0.1) is 24.1 Å². The fourth-order valence-corrected chi connectivity index (χ4v) is 2.63. The molecule has 2 aromatic rings. The van der Waals surface area contributed by atoms with Gasteiger partial charge in [0, 0.05) is 24.3 Å². The van der Waals surface area contributed by atoms with Gasteiger partial charge in [0.25, 0.3) is 5.91 Å². The van der Waals surface area contributed by atoms with Gasteiger partial charge in [-0.05, 0) is 31.2 Å². The third-order valence-electron chi connectivity index (χ3n) is 3.97. The van der Waals surface area contributed by atoms with Crippen LogP contribution in [0.15, 0.2) is 30.3 Å². The first-order chi connectivity index (χ1) is 12.1. The van der Waals surface area contributed by atoms with E-state index in [1.165, 1.54) is 18.2 Å². The Kier molecular flexibility index (Phi) is 5.03. The van der Waals surface area contributed by atoms with E-state index < -0.39 is 11.7 Å². The highest BCUT2D eigenvalue weighted by Gasteiger charge is 2.20. The molecule has 0 bridgehead atoms. The first kappa shape index (κ1) is 17.0. The number of hydrogen-bond acceptors (Lipinski definition) is 5. The van der Waals surface area contributed by atoms with Crippen molar-refractivity contribution in [3.8, 4) is 6.07 Å². The van der Waals surface area contributed by atoms with Crippen LogP contribution in [0.4, 0.5) is 10.1 Å². The lowest BCUT2D eigenvalue weighted by Crippen LogP contribution is -2.33. The van der Waals surface area contributed by atoms with E-state index >= 15 is 0 Å². The van der Waals surface area contributed by atoms with Gasteiger partial charge in [0.05, 0.1) is 24.0 Å². The Bertz CT molecular complexity index is 841. The van der Waals surface area contributed by atoms with Gasteiger partial charge in [-0.15, -0.1) is 0 Å². The maximum atomic E-state index is 14.3. The number of nitrogens with zero attached hydrogens (tertiary/aromatic N) is 2. The normalized spacial score (nSPS) is 16.9. The molecule has 1 aromatic heterocycles. The van der Waals surface area contributed by atoms with Gasteiger partial charge in [0.1, 0.15) is 17.6 Å². The van der Waals surface area contributed by atoms with E-state index in [1.807, 2.05) is 6.07 Å². The Hall–Kier alpha value is -2.82. The number of benzene rings is 1. The van der Waals surface area contributed by atoms with Crippen LogP contribution in [-0.2, 0) is 4.74 Å². The second-order valence-electron chi connectivity index (χ2n) is 5.70. The molecule has 1 aliphatic rings. The van der Waals surface area contributed by atoms with Gasteiger partial charge >= 0.3 is 0 Å². The van der Waals surface area contributed by atoms with Crippen molar-refractivity contribution in [3.63, 3.8) is 0 Å². The molecule has 0 saturated carbocycles. The number of carbonyl (C=O) groups is 1. The number of rotatable bonds is 3. The SMILES string of the molecule is Cc1nc(C(=O)Nc2ccc(C3CNCCO3)c(F)c2)ccc1C#N. The topological polar surface area (TPSA) is 87.0 Å². The molecule has 6 nitrogen and oxygen atoms in total. The molecule has 0 aliphatic carbocycles. The lowest BCUT2D eigenvalue weighted by atomic mass is 10.1. The van der Waals surface area contributed by atoms with Crippen molar-refractivity contribution in [2.24, 2.45) is 0 Å². The Labute approximate surface area is 144 Å². The summed E-state index contributed by atoms with van der Waals surface area (Å²) in [6.07, 6.45) is -0.332. The van der Waals surface area contributed by atoms with Crippen molar-refractivity contribution >= 4 is 11.6 Å². The summed E-state index contributed by atoms with van der Waals surface area (Å²) >= 11 is 0. The van der Waals surface area contributed by atoms with E-state index in [1.54, 1.807) is 19.1 Å². The minimum Gasteiger partial charge on any atom is -0.371 e. The van der Waals surface area contributed by atoms with Crippen molar-refractivity contribution < 1.29 is 13.9 Å². The fourth-order valence-electron chi connectivity index (χ4n) is 2.63. The van der Waals surface area contributed by atoms with Crippen molar-refractivity contribution in [2.75, 3.05) is 25.0 Å². The molecule has 0 spiro atoms. The van der Waals surface area contributed by atoms with E-state index in [-0.39, 0.29) is 11.8 Å². The quantitative estimate of drug-likeness (QED) is 0.895. The molecule has 1 fully saturated rings. The molecular weight excluding hydrogens is 323 g/mol. The number of anilines is 1. The zero-order valence-electron chi connectivity index (χ0n) is 13.7. The monoisotopic (exact) mass is 340 g/mol. The van der Waals surface area contributed by atoms with Gasteiger partial charge in [-0.25, -0.2) is 9.37 Å². The average molecular weight is 340 g/mol. The molecule has 7 heteroatoms. The summed E-state index contributed by atoms with van der Waals surface area (Å²) in [6, 6.07) is 9.50. The largest absolute Gasteiger partial charge is 0.371 e. The summed E-state index contributed by atoms with van der Waals surface area (Å²) < 4.78 is 19.9. The molecule has 3 rings (SSSR count). The number of nitrogens with one attached hydrogen (secondary N) is 2. The lowest BCUT2D eigenvalue weighted by Gasteiger charge is -2.24. The summed E-state index contributed by atoms with van der Waals surface area (Å²) in [5.74, 6) is -0.897. The summed E-state index contributed by atoms with van der Waals surface area (Å²) in [5.41, 5.74) is 1.84. The van der Waals surface area contributed by atoms with Crippen LogP contribution in [-0.4, -0.2) is 30.6 Å². The van der Waals surface area contributed by atoms with E-state index in [0.717, 1.165) is 6.54 Å². The van der Waals surface area contributed by atoms with Crippen LogP contribution in [0.1, 0.15) is 33.4 Å². The molecule has 25 heavy (non-hydrogen) atoms. The third-order valence-corrected chi connectivity index (χ3v) is 3.97. The summed E-state index contributed by atoms with van der Waals surface area (Å²) in [6.45, 7) is 3.49. The number of aromatic nitrogens is 1. The molecule has 2 N–H and O–H groups in total. The zero-order valence-corrected chi connectivity index (χ0v) is 13.7. The van der Waals surface area contributed by atoms with Crippen LogP contribution in [0.2, 0.25) is 0 Å². The van der Waals surface area contributed by atoms with Gasteiger partial charge in [-0.1, -0.05) is 6.07 Å². The first-order valence-corrected chi connectivity index (χ1v) is 7.89. The van der Waals surface area contributed by atoms with Gasteiger partial charge in [-0.2, -0.15) is 5.26 Å². The van der Waals surface area contributed by atoms with Crippen LogP contribution < -0.4 is 10.6 Å². The van der Waals surface area contributed by atoms with Crippen molar-refractivity contribution in [1.82, 2.24) is 10.3 Å². The van der Waals surface area contributed by atoms with E-state index in [9.17, 15) is 9.18 Å². The molecule has 1 atom stereocenters. The number of morpholine rings is 1. The molecule has 128 valence electrons. The molecular formula is C18H17FN4O2. The third kappa shape index (κ3) is 3.82. The van der Waals surface area contributed by atoms with Crippen molar-refractivity contribution in [1.29, 1.82) is 5.26 Å². The predicted octanol–water partition coefficient (Wildman–Crippen LogP) is 2.31. The molecule has 1 aliphatic heterocycles. The number of aryl methyl sites for hydroxylation is 1. The average Bonchev–Trinajstić information content (AvgIpc) is 2.62. The van der Waals surface area contributed by atoms with Gasteiger partial charge < -0.3 is 15.4 Å². The highest BCUT2D eigenvalue weighted by molar-refractivity contribution is 6.02. The molecule has 1 unspecified atom stereocenters. The number of amides is 1. The van der Waals surface area contributed by atoms with Gasteiger partial charge in [0.15, 0.2) is 0 Å². The number of halogens is 1. The molecule has 1 saturated heterocycles. The summed E-state index contributed by atoms with van der Waals surface area (Å²) in [7, 11) is 0. The number of nitriles is 1. The fraction of sp³-hybridized carbons (Fsp3) is 0.278. The Morgan fingerprint density at radius 1 is 1.44 bits per heavy atom. The Balaban J connectivity index is 1.74. The predicted molar refractivity (Wildman–Crippen MR) is 89.6 cm³/mol. The minimum atomic E-state index is -0.463. The summed E-state index contributed by atoms with van der Waals surface area (Å²) in [5, 5.41) is 14.7. The molecule has 2 heterocycles. The van der Waals surface area contributed by atoms with Gasteiger partial charge in [0.2, 0.25) is 0 Å². The van der Waals surface area contributed by atoms with E-state index in [2.05, 4.69) is 15.6 Å². The number of pyridine rings is 1. The number of ether oxygens (including phenoxy) is 1. The second-order valence-corrected chi connectivity index (χ2v) is 5.70. The highest BCUT2D eigenvalue weighted by atomic mass is 19.1. The smallest absolute Gasteiger partial charge is 0.274 e. The maximum absolute atomic E-state index is 14.3. The second kappa shape index (κ2) is 7.38. The highest BCUT2D eigenvalue weighted by Crippen LogP contribution is 2.24. The minimum absolute atomic E-state index is 0.167. The van der Waals surface area contributed by atoms with Gasteiger partial charge in [-0.3, -0.25) is 4.79 Å². The van der Waals surface area contributed by atoms with Crippen LogP contribution >= 0.6 is 0 Å². The van der Waals surface area contributed by atoms with E-state index in [4.69, 9.17) is 10.00 Å². The van der Waals surface area contributed by atoms with Crippen LogP contribution in [0.25, 0.3) is 0 Å².